The lowest BCUT2D eigenvalue weighted by molar-refractivity contribution is -0.142. The normalized spacial score (nSPS) is 29.4. The lowest BCUT2D eigenvalue weighted by Gasteiger charge is -2.37. The Morgan fingerprint density at radius 3 is 2.24 bits per heavy atom. The molecule has 4 aliphatic heterocycles. The molecule has 2 amide bonds. The van der Waals surface area contributed by atoms with Crippen LogP contribution in [0.3, 0.4) is 0 Å². The van der Waals surface area contributed by atoms with Gasteiger partial charge < -0.3 is 14.7 Å². The number of carbonyl (C=O) groups is 2. The van der Waals surface area contributed by atoms with E-state index in [0.717, 1.165) is 47.9 Å². The predicted molar refractivity (Wildman–Crippen MR) is 187 cm³/mol. The number of hydrogen-bond acceptors (Lipinski definition) is 6. The largest absolute Gasteiger partial charge is 0.339 e. The van der Waals surface area contributed by atoms with E-state index >= 15 is 0 Å². The van der Waals surface area contributed by atoms with Crippen LogP contribution in [0, 0.1) is 5.92 Å². The topological polar surface area (TPSA) is 59.5 Å². The highest BCUT2D eigenvalue weighted by Crippen LogP contribution is 2.56. The molecular formula is C36H43Cl2N5O2S. The second-order valence-corrected chi connectivity index (χ2v) is 16.0. The predicted octanol–water partition coefficient (Wildman–Crippen LogP) is 7.31. The van der Waals surface area contributed by atoms with Gasteiger partial charge in [0.25, 0.3) is 5.91 Å². The molecule has 7 nitrogen and oxygen atoms in total. The average Bonchev–Trinajstić information content (AvgIpc) is 3.32. The number of amides is 2. The van der Waals surface area contributed by atoms with Crippen molar-refractivity contribution in [1.29, 1.82) is 0 Å². The van der Waals surface area contributed by atoms with Gasteiger partial charge in [-0.15, -0.1) is 0 Å². The third-order valence-corrected chi connectivity index (χ3v) is 12.3. The van der Waals surface area contributed by atoms with E-state index in [1.807, 2.05) is 46.2 Å². The summed E-state index contributed by atoms with van der Waals surface area (Å²) in [5.41, 5.74) is 2.44. The van der Waals surface area contributed by atoms with Crippen molar-refractivity contribution in [3.63, 3.8) is 0 Å². The van der Waals surface area contributed by atoms with Crippen LogP contribution in [0.5, 0.6) is 0 Å². The summed E-state index contributed by atoms with van der Waals surface area (Å²) in [5, 5.41) is 2.16. The number of halogens is 2. The summed E-state index contributed by atoms with van der Waals surface area (Å²) >= 11 is 14.1. The Morgan fingerprint density at radius 1 is 0.957 bits per heavy atom. The van der Waals surface area contributed by atoms with Crippen molar-refractivity contribution < 1.29 is 9.59 Å². The minimum Gasteiger partial charge on any atom is -0.339 e. The van der Waals surface area contributed by atoms with Gasteiger partial charge in [0.1, 0.15) is 16.5 Å². The zero-order chi connectivity index (χ0) is 32.5. The van der Waals surface area contributed by atoms with Crippen molar-refractivity contribution in [2.24, 2.45) is 10.9 Å². The molecule has 0 bridgehead atoms. The van der Waals surface area contributed by atoms with E-state index in [4.69, 9.17) is 28.2 Å². The molecular weight excluding hydrogens is 637 g/mol. The molecule has 0 spiro atoms. The number of carbonyl (C=O) groups excluding carboxylic acids is 2. The van der Waals surface area contributed by atoms with Crippen molar-refractivity contribution in [3.05, 3.63) is 80.3 Å². The van der Waals surface area contributed by atoms with Crippen LogP contribution >= 0.6 is 35.0 Å². The maximum atomic E-state index is 14.7. The molecule has 4 heterocycles. The molecule has 0 N–H and O–H groups in total. The zero-order valence-corrected chi connectivity index (χ0v) is 29.6. The van der Waals surface area contributed by atoms with Crippen LogP contribution in [0.4, 0.5) is 0 Å². The van der Waals surface area contributed by atoms with Gasteiger partial charge in [0, 0.05) is 47.0 Å². The van der Waals surface area contributed by atoms with Crippen molar-refractivity contribution in [2.75, 3.05) is 20.1 Å². The second kappa shape index (κ2) is 12.2. The summed E-state index contributed by atoms with van der Waals surface area (Å²) in [6, 6.07) is 16.3. The van der Waals surface area contributed by atoms with Crippen LogP contribution in [0.2, 0.25) is 10.0 Å². The van der Waals surface area contributed by atoms with Gasteiger partial charge in [-0.05, 0) is 106 Å². The lowest BCUT2D eigenvalue weighted by atomic mass is 9.81. The number of hydrogen-bond donors (Lipinski definition) is 0. The summed E-state index contributed by atoms with van der Waals surface area (Å²) in [6.45, 7) is 10.0. The summed E-state index contributed by atoms with van der Waals surface area (Å²) in [7, 11) is 2.20. The van der Waals surface area contributed by atoms with Crippen molar-refractivity contribution in [1.82, 2.24) is 19.6 Å². The first-order valence-electron chi connectivity index (χ1n) is 16.6. The summed E-state index contributed by atoms with van der Waals surface area (Å²) in [6.07, 6.45) is 5.04. The van der Waals surface area contributed by atoms with E-state index in [2.05, 4.69) is 56.7 Å². The van der Waals surface area contributed by atoms with Crippen LogP contribution in [0.15, 0.2) is 64.1 Å². The fraction of sp³-hybridized carbons (Fsp3) is 0.528. The number of rotatable bonds is 7. The van der Waals surface area contributed by atoms with E-state index in [1.54, 1.807) is 0 Å². The number of allylic oxidation sites excluding steroid dienone is 1. The van der Waals surface area contributed by atoms with Gasteiger partial charge in [-0.1, -0.05) is 61.3 Å². The zero-order valence-electron chi connectivity index (χ0n) is 27.2. The van der Waals surface area contributed by atoms with Gasteiger partial charge in [0.05, 0.1) is 6.04 Å². The highest BCUT2D eigenvalue weighted by Gasteiger charge is 2.54. The van der Waals surface area contributed by atoms with Crippen LogP contribution in [-0.4, -0.2) is 80.9 Å². The maximum Gasteiger partial charge on any atom is 0.263 e. The minimum atomic E-state index is -0.630. The van der Waals surface area contributed by atoms with E-state index in [9.17, 15) is 9.59 Å². The van der Waals surface area contributed by atoms with E-state index in [1.165, 1.54) is 24.6 Å². The smallest absolute Gasteiger partial charge is 0.263 e. The summed E-state index contributed by atoms with van der Waals surface area (Å²) < 4.78 is 0. The maximum absolute atomic E-state index is 14.7. The number of likely N-dealkylation sites (tertiary alicyclic amines) is 2. The first-order valence-corrected chi connectivity index (χ1v) is 18.2. The number of thioether (sulfide) groups is 1. The third kappa shape index (κ3) is 5.47. The Labute approximate surface area is 287 Å². The molecule has 7 rings (SSSR count). The molecule has 5 atom stereocenters. The molecule has 1 saturated carbocycles. The molecule has 2 aromatic carbocycles. The Morgan fingerprint density at radius 2 is 1.61 bits per heavy atom. The van der Waals surface area contributed by atoms with Crippen LogP contribution in [-0.2, 0) is 15.1 Å². The quantitative estimate of drug-likeness (QED) is 0.307. The molecule has 2 aromatic rings. The first-order chi connectivity index (χ1) is 22.0. The van der Waals surface area contributed by atoms with Crippen LogP contribution in [0.1, 0.15) is 77.0 Å². The Kier molecular flexibility index (Phi) is 8.48. The van der Waals surface area contributed by atoms with Gasteiger partial charge in [0.2, 0.25) is 5.91 Å². The van der Waals surface area contributed by atoms with Crippen LogP contribution in [0.25, 0.3) is 0 Å². The lowest BCUT2D eigenvalue weighted by Crippen LogP contribution is -2.50. The third-order valence-electron chi connectivity index (χ3n) is 10.7. The summed E-state index contributed by atoms with van der Waals surface area (Å²) in [4.78, 5) is 43.5. The SMILES string of the molecule is CC(C)C1=C(C(=O)N2[C@H](C)CC[C@@H]2C(=O)N2CC[C@H](N(C)C3CC3)C2)SC2=N[C@@](C)(c3ccc(Cl)cc3)[C@@H](c3ccc(Cl)cc3)N21. The van der Waals surface area contributed by atoms with Gasteiger partial charge in [0.15, 0.2) is 5.17 Å². The van der Waals surface area contributed by atoms with E-state index < -0.39 is 11.6 Å². The molecule has 3 fully saturated rings. The Balaban J connectivity index is 1.22. The second-order valence-electron chi connectivity index (χ2n) is 14.1. The molecule has 0 radical (unpaired) electrons. The van der Waals surface area contributed by atoms with Crippen molar-refractivity contribution in [3.8, 4) is 0 Å². The van der Waals surface area contributed by atoms with Gasteiger partial charge in [-0.3, -0.25) is 14.5 Å². The average molecular weight is 681 g/mol. The first kappa shape index (κ1) is 32.0. The van der Waals surface area contributed by atoms with Gasteiger partial charge in [-0.25, -0.2) is 4.99 Å². The molecule has 1 aliphatic carbocycles. The molecule has 5 aliphatic rings. The number of amidine groups is 1. The molecule has 2 saturated heterocycles. The van der Waals surface area contributed by atoms with Crippen molar-refractivity contribution in [2.45, 2.75) is 95.5 Å². The van der Waals surface area contributed by atoms with E-state index in [-0.39, 0.29) is 29.8 Å². The Bertz CT molecular complexity index is 1590. The number of benzene rings is 2. The standard InChI is InChI=1S/C36H43Cl2N5O2S/c1-21(2)30-31(34(45)42-22(3)6-17-29(42)33(44)41-19-18-28(20-41)40(5)27-15-16-27)46-35-39-36(4,24-9-13-26(38)14-10-24)32(43(30)35)23-7-11-25(37)12-8-23/h7-14,21-22,27-29,32H,6,15-20H2,1-5H3/t22-,28+,29-,32-,36+/m1/s1. The molecule has 10 heteroatoms. The van der Waals surface area contributed by atoms with Gasteiger partial charge >= 0.3 is 0 Å². The number of nitrogens with zero attached hydrogens (tertiary/aromatic N) is 5. The number of likely N-dealkylation sites (N-methyl/N-ethyl adjacent to an activating group) is 1. The Hall–Kier alpha value is -2.52. The summed E-state index contributed by atoms with van der Waals surface area (Å²) in [5.74, 6) is 0.0974. The van der Waals surface area contributed by atoms with Crippen LogP contribution < -0.4 is 0 Å². The fourth-order valence-corrected chi connectivity index (χ4v) is 9.62. The molecule has 244 valence electrons. The van der Waals surface area contributed by atoms with Crippen molar-refractivity contribution >= 4 is 51.9 Å². The highest BCUT2D eigenvalue weighted by atomic mass is 35.5. The van der Waals surface area contributed by atoms with E-state index in [0.29, 0.717) is 33.5 Å². The molecule has 46 heavy (non-hydrogen) atoms. The number of fused-ring (bicyclic) bond motifs is 1. The number of aliphatic imine (C=N–C) groups is 1. The van der Waals surface area contributed by atoms with Gasteiger partial charge in [-0.2, -0.15) is 0 Å². The fourth-order valence-electron chi connectivity index (χ4n) is 8.02. The highest BCUT2D eigenvalue weighted by molar-refractivity contribution is 8.18. The molecule has 0 unspecified atom stereocenters. The molecule has 0 aromatic heterocycles. The monoisotopic (exact) mass is 679 g/mol. The minimum absolute atomic E-state index is 0.0146.